The van der Waals surface area contributed by atoms with Gasteiger partial charge in [-0.15, -0.1) is 23.2 Å². The van der Waals surface area contributed by atoms with Gasteiger partial charge in [-0.3, -0.25) is 19.3 Å². The predicted molar refractivity (Wildman–Crippen MR) is 130 cm³/mol. The highest BCUT2D eigenvalue weighted by Gasteiger charge is 2.73. The molecule has 1 fully saturated rings. The van der Waals surface area contributed by atoms with E-state index in [0.29, 0.717) is 22.3 Å². The van der Waals surface area contributed by atoms with Crippen molar-refractivity contribution in [1.82, 2.24) is 4.90 Å². The maximum atomic E-state index is 13.7. The molecule has 4 aliphatic rings. The molecule has 0 aromatic heterocycles. The van der Waals surface area contributed by atoms with Crippen LogP contribution < -0.4 is 5.32 Å². The quantitative estimate of drug-likeness (QED) is 0.362. The Bertz CT molecular complexity index is 1380. The van der Waals surface area contributed by atoms with Gasteiger partial charge in [0.05, 0.1) is 17.4 Å². The molecule has 0 spiro atoms. The highest BCUT2D eigenvalue weighted by atomic mass is 35.5. The van der Waals surface area contributed by atoms with Crippen LogP contribution >= 0.6 is 23.2 Å². The van der Waals surface area contributed by atoms with Crippen LogP contribution in [0.3, 0.4) is 0 Å². The van der Waals surface area contributed by atoms with Crippen LogP contribution in [0.5, 0.6) is 0 Å². The van der Waals surface area contributed by atoms with E-state index in [2.05, 4.69) is 5.32 Å². The Labute approximate surface area is 219 Å². The van der Waals surface area contributed by atoms with Gasteiger partial charge < -0.3 is 5.32 Å². The predicted octanol–water partition coefficient (Wildman–Crippen LogP) is 5.24. The molecule has 1 heterocycles. The number of amides is 3. The van der Waals surface area contributed by atoms with E-state index in [9.17, 15) is 27.6 Å². The number of hydrogen-bond donors (Lipinski definition) is 1. The first kappa shape index (κ1) is 24.0. The summed E-state index contributed by atoms with van der Waals surface area (Å²) in [5.41, 5.74) is 1.46. The second-order valence-electron chi connectivity index (χ2n) is 9.36. The Morgan fingerprint density at radius 3 is 1.70 bits per heavy atom. The zero-order chi connectivity index (χ0) is 26.3. The number of nitrogens with one attached hydrogen (secondary N) is 1. The second-order valence-corrected chi connectivity index (χ2v) is 10.6. The molecule has 3 aliphatic carbocycles. The smallest absolute Gasteiger partial charge is 0.325 e. The van der Waals surface area contributed by atoms with Crippen LogP contribution in [0, 0.1) is 11.8 Å². The van der Waals surface area contributed by atoms with E-state index in [1.807, 2.05) is 0 Å². The minimum absolute atomic E-state index is 0.112. The zero-order valence-electron chi connectivity index (χ0n) is 18.9. The van der Waals surface area contributed by atoms with Crippen molar-refractivity contribution in [2.75, 3.05) is 11.9 Å². The van der Waals surface area contributed by atoms with Crippen molar-refractivity contribution in [2.45, 2.75) is 15.9 Å². The highest BCUT2D eigenvalue weighted by Crippen LogP contribution is 2.69. The first-order valence-electron chi connectivity index (χ1n) is 11.4. The topological polar surface area (TPSA) is 66.5 Å². The van der Waals surface area contributed by atoms with Gasteiger partial charge in [0.15, 0.2) is 0 Å². The van der Waals surface area contributed by atoms with Crippen molar-refractivity contribution in [2.24, 2.45) is 11.8 Å². The van der Waals surface area contributed by atoms with E-state index in [-0.39, 0.29) is 5.69 Å². The van der Waals surface area contributed by atoms with Crippen LogP contribution in [0.25, 0.3) is 0 Å². The number of carbonyl (C=O) groups excluding carboxylic acids is 3. The fourth-order valence-electron chi connectivity index (χ4n) is 6.00. The molecule has 0 saturated carbocycles. The molecule has 1 aliphatic heterocycles. The number of alkyl halides is 5. The lowest BCUT2D eigenvalue weighted by Crippen LogP contribution is -2.57. The van der Waals surface area contributed by atoms with Crippen molar-refractivity contribution in [3.8, 4) is 0 Å². The zero-order valence-corrected chi connectivity index (χ0v) is 20.4. The molecule has 1 saturated heterocycles. The van der Waals surface area contributed by atoms with Crippen molar-refractivity contribution in [1.29, 1.82) is 0 Å². The molecular formula is C27H17Cl2F3N2O3. The Kier molecular flexibility index (Phi) is 5.07. The first-order valence-corrected chi connectivity index (χ1v) is 12.1. The molecule has 3 aromatic carbocycles. The standard InChI is InChI=1S/C27H17Cl2F3N2O3/c28-25-16-8-1-2-9-17(16)26(29,19-11-4-3-10-18(19)25)22-21(25)23(36)34(24(22)37)13-20(35)33-15-7-5-6-14(12-15)27(30,31)32/h1-12,21-22H,13H2,(H,33,35)/t21-,22+,25?,26?. The molecule has 3 aromatic rings. The van der Waals surface area contributed by atoms with Crippen LogP contribution in [0.15, 0.2) is 72.8 Å². The van der Waals surface area contributed by atoms with Crippen molar-refractivity contribution >= 4 is 46.6 Å². The van der Waals surface area contributed by atoms with Gasteiger partial charge in [0.1, 0.15) is 16.3 Å². The van der Waals surface area contributed by atoms with Gasteiger partial charge in [-0.25, -0.2) is 0 Å². The van der Waals surface area contributed by atoms with E-state index in [1.54, 1.807) is 48.5 Å². The average Bonchev–Trinajstić information content (AvgIpc) is 3.13. The van der Waals surface area contributed by atoms with Gasteiger partial charge in [-0.1, -0.05) is 54.6 Å². The van der Waals surface area contributed by atoms with Crippen molar-refractivity contribution in [3.63, 3.8) is 0 Å². The first-order chi connectivity index (χ1) is 17.5. The van der Waals surface area contributed by atoms with Gasteiger partial charge >= 0.3 is 6.18 Å². The van der Waals surface area contributed by atoms with E-state index >= 15 is 0 Å². The summed E-state index contributed by atoms with van der Waals surface area (Å²) < 4.78 is 39.1. The number of benzene rings is 3. The van der Waals surface area contributed by atoms with Crippen molar-refractivity contribution < 1.29 is 27.6 Å². The molecular weight excluding hydrogens is 528 g/mol. The molecule has 5 nitrogen and oxygen atoms in total. The van der Waals surface area contributed by atoms with Crippen LogP contribution in [0.4, 0.5) is 18.9 Å². The molecule has 1 N–H and O–H groups in total. The van der Waals surface area contributed by atoms with E-state index in [1.165, 1.54) is 6.07 Å². The number of imide groups is 1. The normalized spacial score (nSPS) is 27.5. The van der Waals surface area contributed by atoms with Gasteiger partial charge in [-0.2, -0.15) is 13.2 Å². The maximum Gasteiger partial charge on any atom is 0.416 e. The minimum atomic E-state index is -4.59. The number of nitrogens with zero attached hydrogens (tertiary/aromatic N) is 1. The number of halogens is 5. The lowest BCUT2D eigenvalue weighted by atomic mass is 9.54. The Hall–Kier alpha value is -3.36. The molecule has 0 unspecified atom stereocenters. The van der Waals surface area contributed by atoms with Crippen LogP contribution in [-0.2, 0) is 30.3 Å². The van der Waals surface area contributed by atoms with Gasteiger partial charge in [0.2, 0.25) is 17.7 Å². The Morgan fingerprint density at radius 2 is 1.27 bits per heavy atom. The monoisotopic (exact) mass is 544 g/mol. The van der Waals surface area contributed by atoms with Crippen LogP contribution in [0.1, 0.15) is 27.8 Å². The molecule has 2 atom stereocenters. The molecule has 0 radical (unpaired) electrons. The number of hydrogen-bond acceptors (Lipinski definition) is 3. The van der Waals surface area contributed by atoms with Gasteiger partial charge in [0, 0.05) is 5.69 Å². The van der Waals surface area contributed by atoms with Gasteiger partial charge in [-0.05, 0) is 40.5 Å². The molecule has 2 bridgehead atoms. The summed E-state index contributed by atoms with van der Waals surface area (Å²) in [5.74, 6) is -4.26. The third-order valence-electron chi connectivity index (χ3n) is 7.45. The summed E-state index contributed by atoms with van der Waals surface area (Å²) in [5, 5.41) is 2.34. The third-order valence-corrected chi connectivity index (χ3v) is 8.74. The van der Waals surface area contributed by atoms with Crippen molar-refractivity contribution in [3.05, 3.63) is 101 Å². The van der Waals surface area contributed by atoms with Gasteiger partial charge in [0.25, 0.3) is 0 Å². The number of likely N-dealkylation sites (tertiary alicyclic amines) is 1. The molecule has 188 valence electrons. The number of carbonyl (C=O) groups is 3. The number of rotatable bonds is 3. The van der Waals surface area contributed by atoms with Crippen LogP contribution in [0.2, 0.25) is 0 Å². The third kappa shape index (κ3) is 3.15. The summed E-state index contributed by atoms with van der Waals surface area (Å²) >= 11 is 14.6. The molecule has 37 heavy (non-hydrogen) atoms. The summed E-state index contributed by atoms with van der Waals surface area (Å²) in [6, 6.07) is 18.4. The van der Waals surface area contributed by atoms with E-state index < -0.39 is 57.6 Å². The maximum absolute atomic E-state index is 13.7. The summed E-state index contributed by atoms with van der Waals surface area (Å²) in [4.78, 5) is 38.3. The fraction of sp³-hybridized carbons (Fsp3) is 0.222. The highest BCUT2D eigenvalue weighted by molar-refractivity contribution is 6.36. The minimum Gasteiger partial charge on any atom is -0.325 e. The van der Waals surface area contributed by atoms with E-state index in [0.717, 1.165) is 23.1 Å². The largest absolute Gasteiger partial charge is 0.416 e. The summed E-state index contributed by atoms with van der Waals surface area (Å²) in [7, 11) is 0. The lowest BCUT2D eigenvalue weighted by molar-refractivity contribution is -0.142. The number of anilines is 1. The molecule has 10 heteroatoms. The SMILES string of the molecule is O=C(CN1C(=O)[C@@H]2[C@H](C1=O)C1(Cl)c3ccccc3C2(Cl)c2ccccc21)Nc1cccc(C(F)(F)F)c1. The van der Waals surface area contributed by atoms with Crippen LogP contribution in [-0.4, -0.2) is 29.2 Å². The lowest BCUT2D eigenvalue weighted by Gasteiger charge is -2.54. The summed E-state index contributed by atoms with van der Waals surface area (Å²) in [6.07, 6.45) is -4.59. The Morgan fingerprint density at radius 1 is 0.811 bits per heavy atom. The fourth-order valence-corrected chi connectivity index (χ4v) is 7.10. The molecule has 3 amide bonds. The summed E-state index contributed by atoms with van der Waals surface area (Å²) in [6.45, 7) is -0.687. The Balaban J connectivity index is 1.37. The second kappa shape index (κ2) is 7.82. The van der Waals surface area contributed by atoms with E-state index in [4.69, 9.17) is 23.2 Å². The average molecular weight is 545 g/mol. The molecule has 7 rings (SSSR count).